The summed E-state index contributed by atoms with van der Waals surface area (Å²) < 4.78 is 5.69. The molecule has 7 heteroatoms. The van der Waals surface area contributed by atoms with E-state index in [1.807, 2.05) is 19.1 Å². The van der Waals surface area contributed by atoms with Gasteiger partial charge in [0.1, 0.15) is 11.6 Å². The van der Waals surface area contributed by atoms with Crippen molar-refractivity contribution in [1.82, 2.24) is 14.9 Å². The standard InChI is InChI=1S/C22H28N4O3/c1-15(26-10-2-3-18(13-26)17-6-9-21(27)24-11-17)22(28)25-20-8-7-19(12-23-20)29-14-16-4-5-16/h6-9,11-12,15-16,18H,2-5,10,13-14H2,1H3,(H,24,27)(H,23,25,28). The van der Waals surface area contributed by atoms with Gasteiger partial charge >= 0.3 is 0 Å². The molecule has 2 fully saturated rings. The van der Waals surface area contributed by atoms with E-state index < -0.39 is 0 Å². The summed E-state index contributed by atoms with van der Waals surface area (Å²) in [7, 11) is 0. The summed E-state index contributed by atoms with van der Waals surface area (Å²) in [6, 6.07) is 6.82. The molecule has 0 aromatic carbocycles. The third-order valence-corrected chi connectivity index (χ3v) is 5.83. The molecule has 154 valence electrons. The van der Waals surface area contributed by atoms with Crippen LogP contribution in [0.1, 0.15) is 44.1 Å². The minimum absolute atomic E-state index is 0.0636. The number of hydrogen-bond donors (Lipinski definition) is 2. The summed E-state index contributed by atoms with van der Waals surface area (Å²) in [5, 5.41) is 2.91. The lowest BCUT2D eigenvalue weighted by molar-refractivity contribution is -0.121. The van der Waals surface area contributed by atoms with Gasteiger partial charge in [0.25, 0.3) is 0 Å². The zero-order chi connectivity index (χ0) is 20.2. The van der Waals surface area contributed by atoms with E-state index in [0.29, 0.717) is 17.7 Å². The number of pyridine rings is 2. The van der Waals surface area contributed by atoms with Gasteiger partial charge in [0.2, 0.25) is 11.5 Å². The van der Waals surface area contributed by atoms with E-state index in [0.717, 1.165) is 43.9 Å². The molecule has 2 aromatic heterocycles. The maximum Gasteiger partial charge on any atom is 0.247 e. The highest BCUT2D eigenvalue weighted by molar-refractivity contribution is 5.93. The monoisotopic (exact) mass is 396 g/mol. The number of likely N-dealkylation sites (tertiary alicyclic amines) is 1. The average molecular weight is 396 g/mol. The Morgan fingerprint density at radius 1 is 1.31 bits per heavy atom. The lowest BCUT2D eigenvalue weighted by Crippen LogP contribution is -2.46. The minimum atomic E-state index is -0.256. The van der Waals surface area contributed by atoms with Crippen molar-refractivity contribution in [3.8, 4) is 5.75 Å². The van der Waals surface area contributed by atoms with Crippen LogP contribution in [0.2, 0.25) is 0 Å². The number of amides is 1. The van der Waals surface area contributed by atoms with Crippen molar-refractivity contribution in [2.45, 2.75) is 44.6 Å². The highest BCUT2D eigenvalue weighted by atomic mass is 16.5. The first-order valence-electron chi connectivity index (χ1n) is 10.4. The van der Waals surface area contributed by atoms with Crippen molar-refractivity contribution in [3.05, 3.63) is 52.6 Å². The fraction of sp³-hybridized carbons (Fsp3) is 0.500. The number of carbonyl (C=O) groups excluding carboxylic acids is 1. The molecule has 1 aliphatic carbocycles. The Labute approximate surface area is 170 Å². The molecule has 2 N–H and O–H groups in total. The van der Waals surface area contributed by atoms with Crippen molar-refractivity contribution < 1.29 is 9.53 Å². The molecule has 1 saturated heterocycles. The average Bonchev–Trinajstić information content (AvgIpc) is 3.58. The van der Waals surface area contributed by atoms with Gasteiger partial charge in [-0.3, -0.25) is 14.5 Å². The Morgan fingerprint density at radius 2 is 2.17 bits per heavy atom. The van der Waals surface area contributed by atoms with Gasteiger partial charge in [-0.2, -0.15) is 0 Å². The highest BCUT2D eigenvalue weighted by Gasteiger charge is 2.28. The smallest absolute Gasteiger partial charge is 0.247 e. The molecule has 2 atom stereocenters. The maximum atomic E-state index is 12.7. The Balaban J connectivity index is 1.31. The number of rotatable bonds is 7. The Hall–Kier alpha value is -2.67. The molecule has 4 rings (SSSR count). The predicted molar refractivity (Wildman–Crippen MR) is 111 cm³/mol. The number of aromatic nitrogens is 2. The van der Waals surface area contributed by atoms with E-state index in [1.54, 1.807) is 24.5 Å². The van der Waals surface area contributed by atoms with Gasteiger partial charge < -0.3 is 15.0 Å². The van der Waals surface area contributed by atoms with Gasteiger partial charge in [-0.05, 0) is 68.7 Å². The van der Waals surface area contributed by atoms with Crippen LogP contribution in [-0.4, -0.2) is 46.5 Å². The molecule has 7 nitrogen and oxygen atoms in total. The summed E-state index contributed by atoms with van der Waals surface area (Å²) in [6.07, 6.45) is 8.03. The fourth-order valence-corrected chi connectivity index (χ4v) is 3.74. The van der Waals surface area contributed by atoms with Gasteiger partial charge in [0.05, 0.1) is 18.8 Å². The summed E-state index contributed by atoms with van der Waals surface area (Å²) in [4.78, 5) is 33.3. The number of ether oxygens (including phenoxy) is 1. The Morgan fingerprint density at radius 3 is 2.86 bits per heavy atom. The molecule has 2 aliphatic rings. The first-order valence-corrected chi connectivity index (χ1v) is 10.4. The molecule has 1 amide bonds. The number of anilines is 1. The molecule has 2 aromatic rings. The lowest BCUT2D eigenvalue weighted by Gasteiger charge is -2.36. The molecule has 0 radical (unpaired) electrons. The van der Waals surface area contributed by atoms with Crippen molar-refractivity contribution >= 4 is 11.7 Å². The van der Waals surface area contributed by atoms with Crippen LogP contribution in [0.3, 0.4) is 0 Å². The van der Waals surface area contributed by atoms with Crippen LogP contribution in [0.25, 0.3) is 0 Å². The lowest BCUT2D eigenvalue weighted by atomic mass is 9.91. The van der Waals surface area contributed by atoms with E-state index in [2.05, 4.69) is 20.2 Å². The minimum Gasteiger partial charge on any atom is -0.492 e. The van der Waals surface area contributed by atoms with Gasteiger partial charge in [-0.1, -0.05) is 6.07 Å². The first kappa shape index (κ1) is 19.6. The van der Waals surface area contributed by atoms with Crippen LogP contribution in [0, 0.1) is 5.92 Å². The molecule has 3 heterocycles. The van der Waals surface area contributed by atoms with Crippen LogP contribution in [0.15, 0.2) is 41.5 Å². The van der Waals surface area contributed by atoms with Crippen molar-refractivity contribution in [2.24, 2.45) is 5.92 Å². The van der Waals surface area contributed by atoms with Gasteiger partial charge in [-0.15, -0.1) is 0 Å². The quantitative estimate of drug-likeness (QED) is 0.751. The normalized spacial score (nSPS) is 20.8. The van der Waals surface area contributed by atoms with Crippen LogP contribution in [-0.2, 0) is 4.79 Å². The van der Waals surface area contributed by atoms with Crippen LogP contribution >= 0.6 is 0 Å². The van der Waals surface area contributed by atoms with Crippen LogP contribution in [0.4, 0.5) is 5.82 Å². The maximum absolute atomic E-state index is 12.7. The van der Waals surface area contributed by atoms with Crippen LogP contribution < -0.4 is 15.6 Å². The number of hydrogen-bond acceptors (Lipinski definition) is 5. The number of carbonyl (C=O) groups is 1. The molecule has 1 aliphatic heterocycles. The second-order valence-electron chi connectivity index (χ2n) is 8.12. The van der Waals surface area contributed by atoms with Crippen molar-refractivity contribution in [2.75, 3.05) is 25.0 Å². The van der Waals surface area contributed by atoms with Gasteiger partial charge in [-0.25, -0.2) is 4.98 Å². The summed E-state index contributed by atoms with van der Waals surface area (Å²) >= 11 is 0. The second kappa shape index (κ2) is 8.78. The third-order valence-electron chi connectivity index (χ3n) is 5.83. The fourth-order valence-electron chi connectivity index (χ4n) is 3.74. The summed E-state index contributed by atoms with van der Waals surface area (Å²) in [5.74, 6) is 2.22. The van der Waals surface area contributed by atoms with Crippen molar-refractivity contribution in [3.63, 3.8) is 0 Å². The largest absolute Gasteiger partial charge is 0.492 e. The second-order valence-corrected chi connectivity index (χ2v) is 8.12. The Kier molecular flexibility index (Phi) is 5.94. The van der Waals surface area contributed by atoms with E-state index in [1.165, 1.54) is 12.8 Å². The number of piperidine rings is 1. The predicted octanol–water partition coefficient (Wildman–Crippen LogP) is 2.77. The third kappa shape index (κ3) is 5.23. The number of nitrogens with one attached hydrogen (secondary N) is 2. The molecule has 2 unspecified atom stereocenters. The van der Waals surface area contributed by atoms with E-state index >= 15 is 0 Å². The zero-order valence-corrected chi connectivity index (χ0v) is 16.8. The SMILES string of the molecule is CC(C(=O)Nc1ccc(OCC2CC2)cn1)N1CCCC(c2ccc(=O)[nH]c2)C1. The molecule has 1 saturated carbocycles. The first-order chi connectivity index (χ1) is 14.1. The Bertz CT molecular complexity index is 871. The molecule has 29 heavy (non-hydrogen) atoms. The molecule has 0 bridgehead atoms. The van der Waals surface area contributed by atoms with E-state index in [9.17, 15) is 9.59 Å². The number of aromatic amines is 1. The number of H-pyrrole nitrogens is 1. The van der Waals surface area contributed by atoms with Gasteiger partial charge in [0, 0.05) is 18.8 Å². The van der Waals surface area contributed by atoms with E-state index in [-0.39, 0.29) is 17.5 Å². The van der Waals surface area contributed by atoms with Crippen LogP contribution in [0.5, 0.6) is 5.75 Å². The topological polar surface area (TPSA) is 87.3 Å². The number of nitrogens with zero attached hydrogens (tertiary/aromatic N) is 2. The zero-order valence-electron chi connectivity index (χ0n) is 16.8. The van der Waals surface area contributed by atoms with Gasteiger partial charge in [0.15, 0.2) is 0 Å². The van der Waals surface area contributed by atoms with Crippen molar-refractivity contribution in [1.29, 1.82) is 0 Å². The van der Waals surface area contributed by atoms with E-state index in [4.69, 9.17) is 4.74 Å². The molecular formula is C22H28N4O3. The summed E-state index contributed by atoms with van der Waals surface area (Å²) in [6.45, 7) is 4.35. The molecular weight excluding hydrogens is 368 g/mol. The summed E-state index contributed by atoms with van der Waals surface area (Å²) in [5.41, 5.74) is 1.02. The molecule has 0 spiro atoms. The highest BCUT2D eigenvalue weighted by Crippen LogP contribution is 2.30.